The third-order valence-corrected chi connectivity index (χ3v) is 3.83. The first kappa shape index (κ1) is 15.0. The smallest absolute Gasteiger partial charge is 0.227 e. The number of hydrogen-bond acceptors (Lipinski definition) is 2. The number of benzene rings is 1. The molecule has 0 radical (unpaired) electrons. The lowest BCUT2D eigenvalue weighted by atomic mass is 9.86. The van der Waals surface area contributed by atoms with Gasteiger partial charge in [0.05, 0.1) is 0 Å². The molecule has 1 aliphatic heterocycles. The molecule has 1 aromatic rings. The summed E-state index contributed by atoms with van der Waals surface area (Å²) in [6, 6.07) is 6.17. The molecule has 0 atom stereocenters. The van der Waals surface area contributed by atoms with Gasteiger partial charge in [0.2, 0.25) is 5.91 Å². The maximum Gasteiger partial charge on any atom is 0.227 e. The topological polar surface area (TPSA) is 46.3 Å². The van der Waals surface area contributed by atoms with E-state index in [1.165, 1.54) is 5.56 Å². The second kappa shape index (κ2) is 5.57. The van der Waals surface area contributed by atoms with Crippen molar-refractivity contribution in [3.8, 4) is 0 Å². The second-order valence-electron chi connectivity index (χ2n) is 6.77. The van der Waals surface area contributed by atoms with Gasteiger partial charge in [-0.3, -0.25) is 4.79 Å². The molecule has 20 heavy (non-hydrogen) atoms. The van der Waals surface area contributed by atoms with Crippen molar-refractivity contribution in [1.82, 2.24) is 0 Å². The van der Waals surface area contributed by atoms with Gasteiger partial charge in [0.15, 0.2) is 0 Å². The van der Waals surface area contributed by atoms with E-state index < -0.39 is 0 Å². The van der Waals surface area contributed by atoms with Gasteiger partial charge in [-0.25, -0.2) is 0 Å². The quantitative estimate of drug-likeness (QED) is 0.920. The van der Waals surface area contributed by atoms with Gasteiger partial charge in [-0.15, -0.1) is 0 Å². The predicted molar refractivity (Wildman–Crippen MR) is 83.8 cm³/mol. The molecule has 3 heteroatoms. The number of rotatable bonds is 3. The first-order chi connectivity index (χ1) is 9.30. The standard InChI is InChI=1S/C17H26N2O/c1-12(2)11-16(20)19-10-6-7-13-14(17(3,4)18)8-5-9-15(13)19/h5,8-9,12H,6-7,10-11,18H2,1-4H3. The molecule has 0 saturated heterocycles. The predicted octanol–water partition coefficient (Wildman–Crippen LogP) is 3.21. The van der Waals surface area contributed by atoms with Crippen LogP contribution in [0.2, 0.25) is 0 Å². The lowest BCUT2D eigenvalue weighted by Gasteiger charge is -2.34. The molecule has 3 nitrogen and oxygen atoms in total. The number of anilines is 1. The summed E-state index contributed by atoms with van der Waals surface area (Å²) in [7, 11) is 0. The molecular weight excluding hydrogens is 248 g/mol. The third kappa shape index (κ3) is 3.04. The van der Waals surface area contributed by atoms with Crippen LogP contribution in [0.5, 0.6) is 0 Å². The first-order valence-electron chi connectivity index (χ1n) is 7.52. The lowest BCUT2D eigenvalue weighted by molar-refractivity contribution is -0.119. The molecule has 0 unspecified atom stereocenters. The molecule has 0 bridgehead atoms. The average molecular weight is 274 g/mol. The van der Waals surface area contributed by atoms with Crippen LogP contribution in [0.1, 0.15) is 51.7 Å². The molecule has 0 aliphatic carbocycles. The van der Waals surface area contributed by atoms with Gasteiger partial charge in [0.25, 0.3) is 0 Å². The van der Waals surface area contributed by atoms with Crippen LogP contribution in [0.25, 0.3) is 0 Å². The van der Waals surface area contributed by atoms with Crippen molar-refractivity contribution >= 4 is 11.6 Å². The van der Waals surface area contributed by atoms with Gasteiger partial charge in [-0.1, -0.05) is 26.0 Å². The number of hydrogen-bond donors (Lipinski definition) is 1. The lowest BCUT2D eigenvalue weighted by Crippen LogP contribution is -2.38. The molecule has 0 fully saturated rings. The molecule has 0 spiro atoms. The minimum absolute atomic E-state index is 0.230. The van der Waals surface area contributed by atoms with Crippen molar-refractivity contribution in [3.63, 3.8) is 0 Å². The van der Waals surface area contributed by atoms with Crippen LogP contribution in [0.4, 0.5) is 5.69 Å². The van der Waals surface area contributed by atoms with Gasteiger partial charge < -0.3 is 10.6 Å². The van der Waals surface area contributed by atoms with Gasteiger partial charge in [0.1, 0.15) is 0 Å². The molecule has 2 rings (SSSR count). The van der Waals surface area contributed by atoms with Crippen LogP contribution in [-0.4, -0.2) is 12.5 Å². The molecular formula is C17H26N2O. The minimum Gasteiger partial charge on any atom is -0.322 e. The Labute approximate surface area is 122 Å². The number of nitrogens with zero attached hydrogens (tertiary/aromatic N) is 1. The molecule has 110 valence electrons. The van der Waals surface area contributed by atoms with Gasteiger partial charge in [-0.05, 0) is 49.8 Å². The summed E-state index contributed by atoms with van der Waals surface area (Å²) in [5.41, 5.74) is 9.40. The number of carbonyl (C=O) groups excluding carboxylic acids is 1. The Kier molecular flexibility index (Phi) is 4.19. The largest absolute Gasteiger partial charge is 0.322 e. The molecule has 1 aromatic carbocycles. The molecule has 1 heterocycles. The van der Waals surface area contributed by atoms with E-state index in [1.54, 1.807) is 0 Å². The summed E-state index contributed by atoms with van der Waals surface area (Å²) in [4.78, 5) is 14.4. The fourth-order valence-corrected chi connectivity index (χ4v) is 2.95. The summed E-state index contributed by atoms with van der Waals surface area (Å²) in [5, 5.41) is 0. The summed E-state index contributed by atoms with van der Waals surface area (Å²) >= 11 is 0. The van der Waals surface area contributed by atoms with Gasteiger partial charge in [-0.2, -0.15) is 0 Å². The highest BCUT2D eigenvalue weighted by molar-refractivity contribution is 5.95. The summed E-state index contributed by atoms with van der Waals surface area (Å²) in [6.45, 7) is 9.05. The molecule has 1 aliphatic rings. The van der Waals surface area contributed by atoms with Crippen molar-refractivity contribution < 1.29 is 4.79 Å². The Balaban J connectivity index is 2.40. The van der Waals surface area contributed by atoms with E-state index in [-0.39, 0.29) is 11.4 Å². The van der Waals surface area contributed by atoms with E-state index in [0.29, 0.717) is 12.3 Å². The first-order valence-corrected chi connectivity index (χ1v) is 7.52. The fraction of sp³-hybridized carbons (Fsp3) is 0.588. The molecule has 2 N–H and O–H groups in total. The minimum atomic E-state index is -0.366. The Bertz CT molecular complexity index is 500. The zero-order chi connectivity index (χ0) is 14.9. The van der Waals surface area contributed by atoms with E-state index >= 15 is 0 Å². The zero-order valence-corrected chi connectivity index (χ0v) is 13.1. The highest BCUT2D eigenvalue weighted by Gasteiger charge is 2.27. The highest BCUT2D eigenvalue weighted by Crippen LogP contribution is 2.34. The maximum absolute atomic E-state index is 12.4. The normalized spacial score (nSPS) is 15.4. The zero-order valence-electron chi connectivity index (χ0n) is 13.1. The van der Waals surface area contributed by atoms with E-state index in [0.717, 1.165) is 30.6 Å². The molecule has 0 aromatic heterocycles. The number of fused-ring (bicyclic) bond motifs is 1. The van der Waals surface area contributed by atoms with Crippen molar-refractivity contribution in [2.45, 2.75) is 52.5 Å². The van der Waals surface area contributed by atoms with Crippen LogP contribution in [0, 0.1) is 5.92 Å². The number of carbonyl (C=O) groups is 1. The number of amides is 1. The third-order valence-electron chi connectivity index (χ3n) is 3.83. The average Bonchev–Trinajstić information content (AvgIpc) is 2.35. The maximum atomic E-state index is 12.4. The summed E-state index contributed by atoms with van der Waals surface area (Å²) in [6.07, 6.45) is 2.64. The van der Waals surface area contributed by atoms with E-state index in [2.05, 4.69) is 26.0 Å². The van der Waals surface area contributed by atoms with E-state index in [1.807, 2.05) is 24.8 Å². The number of nitrogens with two attached hydrogens (primary N) is 1. The molecule has 0 saturated carbocycles. The Morgan fingerprint density at radius 3 is 2.70 bits per heavy atom. The van der Waals surface area contributed by atoms with Crippen molar-refractivity contribution in [2.24, 2.45) is 11.7 Å². The van der Waals surface area contributed by atoms with E-state index in [9.17, 15) is 4.79 Å². The monoisotopic (exact) mass is 274 g/mol. The Hall–Kier alpha value is -1.35. The highest BCUT2D eigenvalue weighted by atomic mass is 16.2. The van der Waals surface area contributed by atoms with Crippen molar-refractivity contribution in [3.05, 3.63) is 29.3 Å². The van der Waals surface area contributed by atoms with Crippen LogP contribution in [0.3, 0.4) is 0 Å². The van der Waals surface area contributed by atoms with Crippen molar-refractivity contribution in [2.75, 3.05) is 11.4 Å². The van der Waals surface area contributed by atoms with Crippen molar-refractivity contribution in [1.29, 1.82) is 0 Å². The van der Waals surface area contributed by atoms with Crippen LogP contribution >= 0.6 is 0 Å². The van der Waals surface area contributed by atoms with E-state index in [4.69, 9.17) is 5.73 Å². The van der Waals surface area contributed by atoms with Crippen LogP contribution in [0.15, 0.2) is 18.2 Å². The summed E-state index contributed by atoms with van der Waals surface area (Å²) < 4.78 is 0. The van der Waals surface area contributed by atoms with Gasteiger partial charge in [0, 0.05) is 24.2 Å². The Morgan fingerprint density at radius 2 is 2.10 bits per heavy atom. The summed E-state index contributed by atoms with van der Waals surface area (Å²) in [5.74, 6) is 0.620. The SMILES string of the molecule is CC(C)CC(=O)N1CCCc2c1cccc2C(C)(C)N. The van der Waals surface area contributed by atoms with Crippen LogP contribution < -0.4 is 10.6 Å². The second-order valence-corrected chi connectivity index (χ2v) is 6.77. The Morgan fingerprint density at radius 1 is 1.40 bits per heavy atom. The van der Waals surface area contributed by atoms with Gasteiger partial charge >= 0.3 is 0 Å². The van der Waals surface area contributed by atoms with Crippen LogP contribution in [-0.2, 0) is 16.8 Å². The molecule has 1 amide bonds. The fourth-order valence-electron chi connectivity index (χ4n) is 2.95.